The minimum atomic E-state index is -3.16. The summed E-state index contributed by atoms with van der Waals surface area (Å²) in [4.78, 5) is 40.8. The third kappa shape index (κ3) is 13.6. The monoisotopic (exact) mass is 874 g/mol. The minimum Gasteiger partial charge on any atom is 0 e. The van der Waals surface area contributed by atoms with Crippen molar-refractivity contribution < 1.29 is 66.6 Å². The van der Waals surface area contributed by atoms with Gasteiger partial charge in [-0.3, -0.25) is 11.1 Å². The summed E-state index contributed by atoms with van der Waals surface area (Å²) in [7, 11) is -4.28. The summed E-state index contributed by atoms with van der Waals surface area (Å²) in [5.74, 6) is -1.03. The SMILES string of the molecule is CP(C)C.O=[C-][C]([CH][P+]([C]1[C](P(c2ccccc2)c2ccccc2)C(=O)OC1=O)(c1ccccc1)c1ccccc1)c1ccccc1.[C-]#[O+].[C-]#[O+].[C-]#[O+].[Co].[Co]. The van der Waals surface area contributed by atoms with Gasteiger partial charge in [-0.25, -0.2) is 4.79 Å². The molecule has 1 aliphatic heterocycles. The van der Waals surface area contributed by atoms with Crippen LogP contribution in [0, 0.1) is 43.3 Å². The Morgan fingerprint density at radius 1 is 0.582 bits per heavy atom. The molecule has 7 nitrogen and oxygen atoms in total. The molecule has 0 bridgehead atoms. The van der Waals surface area contributed by atoms with Crippen LogP contribution in [0.1, 0.15) is 5.56 Å². The van der Waals surface area contributed by atoms with Gasteiger partial charge >= 0.3 is 45.8 Å². The average Bonchev–Trinajstić information content (AvgIpc) is 3.52. The van der Waals surface area contributed by atoms with E-state index in [1.165, 1.54) is 0 Å². The first-order valence-electron chi connectivity index (χ1n) is 15.7. The molecule has 282 valence electrons. The number of cyclic esters (lactones) is 2. The molecule has 0 N–H and O–H groups in total. The van der Waals surface area contributed by atoms with Crippen LogP contribution in [0.25, 0.3) is 0 Å². The van der Waals surface area contributed by atoms with Crippen molar-refractivity contribution in [1.29, 1.82) is 0 Å². The van der Waals surface area contributed by atoms with Crippen molar-refractivity contribution in [2.24, 2.45) is 0 Å². The smallest absolute Gasteiger partial charge is 0 e. The first-order valence-corrected chi connectivity index (χ1v) is 21.5. The second kappa shape index (κ2) is 27.9. The Labute approximate surface area is 347 Å². The summed E-state index contributed by atoms with van der Waals surface area (Å²) in [5.41, 5.74) is 1.31. The largest absolute Gasteiger partial charge is 0 e. The third-order valence-electron chi connectivity index (χ3n) is 7.25. The van der Waals surface area contributed by atoms with Crippen LogP contribution in [0.15, 0.2) is 152 Å². The zero-order chi connectivity index (χ0) is 39.2. The van der Waals surface area contributed by atoms with Gasteiger partial charge in [0.2, 0.25) is 0 Å². The standard InChI is InChI=1S/C37H26O4P2.C3H9P.3CO.2Co/c38-26-29(28-16-6-1-7-17-28)27-43(32-22-12-4-13-23-32,33-24-14-5-15-25-33)35-34(36(39)41-37(35)40)42(30-18-8-2-9-19-30)31-20-10-3-11-21-31;1-4(2)3;3*1-2;;/h1-25,27H;1-3H3;;;;;. The predicted octanol–water partition coefficient (Wildman–Crippen LogP) is 7.07. The zero-order valence-electron chi connectivity index (χ0n) is 29.9. The van der Waals surface area contributed by atoms with Crippen LogP contribution in [0.3, 0.4) is 0 Å². The molecule has 0 amide bonds. The molecule has 5 aromatic carbocycles. The molecule has 12 heteroatoms. The molecule has 1 heterocycles. The molecule has 6 rings (SSSR count). The fourth-order valence-electron chi connectivity index (χ4n) is 5.36. The molecule has 0 unspecified atom stereocenters. The van der Waals surface area contributed by atoms with E-state index in [1.54, 1.807) is 0 Å². The number of rotatable bonds is 10. The number of benzene rings is 5. The van der Waals surface area contributed by atoms with Crippen LogP contribution >= 0.6 is 23.1 Å². The van der Waals surface area contributed by atoms with Crippen molar-refractivity contribution in [2.75, 3.05) is 20.0 Å². The summed E-state index contributed by atoms with van der Waals surface area (Å²) < 4.78 is 28.0. The van der Waals surface area contributed by atoms with Gasteiger partial charge in [-0.2, -0.15) is 0 Å². The first kappa shape index (κ1) is 51.4. The Morgan fingerprint density at radius 3 is 1.25 bits per heavy atom. The van der Waals surface area contributed by atoms with E-state index in [4.69, 9.17) is 18.7 Å². The van der Waals surface area contributed by atoms with Crippen LogP contribution in [0.5, 0.6) is 0 Å². The van der Waals surface area contributed by atoms with E-state index in [2.05, 4.69) is 46.2 Å². The summed E-state index contributed by atoms with van der Waals surface area (Å²) in [6.45, 7) is 20.2. The van der Waals surface area contributed by atoms with E-state index in [1.807, 2.05) is 158 Å². The van der Waals surface area contributed by atoms with Gasteiger partial charge in [0.05, 0.1) is 0 Å². The molecule has 5 aromatic rings. The molecule has 0 aliphatic carbocycles. The number of hydrogen-bond acceptors (Lipinski definition) is 4. The molecule has 0 aromatic heterocycles. The van der Waals surface area contributed by atoms with Gasteiger partial charge < -0.3 is 9.53 Å². The maximum Gasteiger partial charge on any atom is 0 e. The fourth-order valence-corrected chi connectivity index (χ4v) is 12.3. The van der Waals surface area contributed by atoms with E-state index in [9.17, 15) is 14.4 Å². The second-order valence-corrected chi connectivity index (χ2v) is 19.1. The van der Waals surface area contributed by atoms with Gasteiger partial charge in [-0.1, -0.05) is 139 Å². The van der Waals surface area contributed by atoms with E-state index in [-0.39, 0.29) is 33.6 Å². The minimum absolute atomic E-state index is 0. The molecule has 1 aliphatic rings. The van der Waals surface area contributed by atoms with Crippen molar-refractivity contribution in [3.05, 3.63) is 201 Å². The molecular weight excluding hydrogens is 839 g/mol. The number of esters is 2. The number of ether oxygens (including phenoxy) is 1. The molecule has 1 saturated heterocycles. The number of hydrogen-bond donors (Lipinski definition) is 0. The fraction of sp³-hybridized carbons (Fsp3) is 0.0698. The quantitative estimate of drug-likeness (QED) is 0.0491. The summed E-state index contributed by atoms with van der Waals surface area (Å²) >= 11 is 0. The Hall–Kier alpha value is -3.57. The van der Waals surface area contributed by atoms with Gasteiger partial charge in [0.25, 0.3) is 5.66 Å². The van der Waals surface area contributed by atoms with Gasteiger partial charge in [0.1, 0.15) is 24.0 Å². The van der Waals surface area contributed by atoms with Crippen molar-refractivity contribution in [1.82, 2.24) is 0 Å². The molecular formula is C43H35Co2O7P3. The van der Waals surface area contributed by atoms with Crippen molar-refractivity contribution in [3.63, 3.8) is 0 Å². The average molecular weight is 875 g/mol. The van der Waals surface area contributed by atoms with Crippen LogP contribution in [-0.2, 0) is 66.6 Å². The van der Waals surface area contributed by atoms with Gasteiger partial charge in [-0.15, -0.1) is 7.92 Å². The molecule has 0 saturated carbocycles. The number of carbonyl (C=O) groups excluding carboxylic acids is 3. The topological polar surface area (TPSA) is 120 Å². The van der Waals surface area contributed by atoms with Gasteiger partial charge in [0.15, 0.2) is 5.66 Å². The predicted molar refractivity (Wildman–Crippen MR) is 211 cm³/mol. The molecule has 55 heavy (non-hydrogen) atoms. The molecule has 0 atom stereocenters. The summed E-state index contributed by atoms with van der Waals surface area (Å²) in [6.07, 6.45) is 4.03. The van der Waals surface area contributed by atoms with Crippen molar-refractivity contribution in [3.8, 4) is 0 Å². The van der Waals surface area contributed by atoms with Crippen molar-refractivity contribution in [2.45, 2.75) is 0 Å². The van der Waals surface area contributed by atoms with Crippen LogP contribution in [0.2, 0.25) is 0 Å². The Bertz CT molecular complexity index is 1800. The summed E-state index contributed by atoms with van der Waals surface area (Å²) in [6, 6.07) is 48.1. The van der Waals surface area contributed by atoms with E-state index >= 15 is 0 Å². The molecule has 6 radical (unpaired) electrons. The zero-order valence-corrected chi connectivity index (χ0v) is 34.6. The maximum atomic E-state index is 14.2. The maximum absolute atomic E-state index is 14.2. The second-order valence-electron chi connectivity index (χ2n) is 11.1. The van der Waals surface area contributed by atoms with E-state index < -0.39 is 27.1 Å². The molecule has 1 fully saturated rings. The number of carbonyl (C=O) groups is 2. The Kier molecular flexibility index (Phi) is 26.1. The van der Waals surface area contributed by atoms with Crippen LogP contribution in [0.4, 0.5) is 0 Å². The van der Waals surface area contributed by atoms with Crippen molar-refractivity contribution >= 4 is 62.5 Å². The van der Waals surface area contributed by atoms with Gasteiger partial charge in [0, 0.05) is 33.6 Å². The van der Waals surface area contributed by atoms with Gasteiger partial charge in [-0.05, 0) is 62.8 Å². The van der Waals surface area contributed by atoms with Crippen LogP contribution in [-0.4, -0.2) is 38.2 Å². The van der Waals surface area contributed by atoms with Crippen LogP contribution < -0.4 is 21.2 Å². The Morgan fingerprint density at radius 2 is 0.909 bits per heavy atom. The normalized spacial score (nSPS) is 11.9. The third-order valence-corrected chi connectivity index (χ3v) is 13.9. The molecule has 0 spiro atoms. The van der Waals surface area contributed by atoms with E-state index in [0.717, 1.165) is 21.2 Å². The van der Waals surface area contributed by atoms with E-state index in [0.29, 0.717) is 30.7 Å². The Balaban J connectivity index is 0.00000222. The summed E-state index contributed by atoms with van der Waals surface area (Å²) in [5, 5.41) is 3.47. The first-order chi connectivity index (χ1) is 25.9.